The van der Waals surface area contributed by atoms with Crippen molar-refractivity contribution < 1.29 is 23.9 Å². The normalized spacial score (nSPS) is 13.9. The highest BCUT2D eigenvalue weighted by Crippen LogP contribution is 2.00. The molecular weight excluding hydrogens is 190 g/mol. The lowest BCUT2D eigenvalue weighted by Crippen LogP contribution is -2.45. The van der Waals surface area contributed by atoms with E-state index in [9.17, 15) is 14.4 Å². The molecule has 0 radical (unpaired) electrons. The summed E-state index contributed by atoms with van der Waals surface area (Å²) >= 11 is 0. The van der Waals surface area contributed by atoms with Crippen LogP contribution in [0.25, 0.3) is 0 Å². The maximum absolute atomic E-state index is 10.9. The molecule has 2 N–H and O–H groups in total. The second-order valence-corrected chi connectivity index (χ2v) is 2.71. The van der Waals surface area contributed by atoms with E-state index in [1.54, 1.807) is 0 Å². The van der Waals surface area contributed by atoms with Crippen LogP contribution in [0.5, 0.6) is 0 Å². The molecule has 0 aromatic heterocycles. The molecule has 0 saturated heterocycles. The summed E-state index contributed by atoms with van der Waals surface area (Å²) in [5.41, 5.74) is 5.43. The van der Waals surface area contributed by atoms with Gasteiger partial charge in [-0.1, -0.05) is 0 Å². The van der Waals surface area contributed by atoms with Crippen molar-refractivity contribution in [1.82, 2.24) is 0 Å². The van der Waals surface area contributed by atoms with Crippen LogP contribution >= 0.6 is 0 Å². The SMILES string of the molecule is CC(=O)OC(COC=O)C(N)C(C)=O. The molecule has 2 atom stereocenters. The van der Waals surface area contributed by atoms with E-state index in [2.05, 4.69) is 4.74 Å². The Hall–Kier alpha value is -1.43. The monoisotopic (exact) mass is 203 g/mol. The van der Waals surface area contributed by atoms with Crippen LogP contribution in [0.3, 0.4) is 0 Å². The molecular formula is C8H13NO5. The molecule has 0 aromatic rings. The lowest BCUT2D eigenvalue weighted by Gasteiger charge is -2.20. The summed E-state index contributed by atoms with van der Waals surface area (Å²) in [5.74, 6) is -0.924. The first-order valence-electron chi connectivity index (χ1n) is 3.97. The maximum Gasteiger partial charge on any atom is 0.303 e. The predicted octanol–water partition coefficient (Wildman–Crippen LogP) is -0.993. The highest BCUT2D eigenvalue weighted by Gasteiger charge is 2.25. The predicted molar refractivity (Wildman–Crippen MR) is 46.2 cm³/mol. The van der Waals surface area contributed by atoms with Crippen molar-refractivity contribution in [2.45, 2.75) is 26.0 Å². The Morgan fingerprint density at radius 1 is 1.43 bits per heavy atom. The van der Waals surface area contributed by atoms with Gasteiger partial charge in [-0.15, -0.1) is 0 Å². The highest BCUT2D eigenvalue weighted by atomic mass is 16.6. The van der Waals surface area contributed by atoms with Crippen LogP contribution in [-0.2, 0) is 23.9 Å². The quantitative estimate of drug-likeness (QED) is 0.439. The molecule has 2 unspecified atom stereocenters. The van der Waals surface area contributed by atoms with Gasteiger partial charge in [-0.3, -0.25) is 14.4 Å². The molecule has 6 heteroatoms. The molecule has 0 aliphatic heterocycles. The van der Waals surface area contributed by atoms with Crippen molar-refractivity contribution in [3.63, 3.8) is 0 Å². The van der Waals surface area contributed by atoms with Gasteiger partial charge in [0.2, 0.25) is 0 Å². The number of rotatable bonds is 6. The summed E-state index contributed by atoms with van der Waals surface area (Å²) in [6.07, 6.45) is -0.921. The van der Waals surface area contributed by atoms with E-state index < -0.39 is 18.1 Å². The maximum atomic E-state index is 10.9. The van der Waals surface area contributed by atoms with E-state index in [1.165, 1.54) is 13.8 Å². The Bertz CT molecular complexity index is 228. The number of nitrogens with two attached hydrogens (primary N) is 1. The molecule has 80 valence electrons. The fraction of sp³-hybridized carbons (Fsp3) is 0.625. The summed E-state index contributed by atoms with van der Waals surface area (Å²) in [6, 6.07) is -0.973. The minimum Gasteiger partial charge on any atom is -0.464 e. The Morgan fingerprint density at radius 3 is 2.36 bits per heavy atom. The number of carbonyl (C=O) groups excluding carboxylic acids is 3. The zero-order chi connectivity index (χ0) is 11.1. The van der Waals surface area contributed by atoms with E-state index in [1.807, 2.05) is 0 Å². The second-order valence-electron chi connectivity index (χ2n) is 2.71. The minimum absolute atomic E-state index is 0.198. The van der Waals surface area contributed by atoms with Crippen molar-refractivity contribution in [1.29, 1.82) is 0 Å². The summed E-state index contributed by atoms with van der Waals surface area (Å²) < 4.78 is 9.08. The van der Waals surface area contributed by atoms with Gasteiger partial charge in [0.1, 0.15) is 18.4 Å². The average Bonchev–Trinajstić information content (AvgIpc) is 2.10. The van der Waals surface area contributed by atoms with Gasteiger partial charge in [0.25, 0.3) is 6.47 Å². The van der Waals surface area contributed by atoms with Crippen LogP contribution in [-0.4, -0.2) is 37.0 Å². The topological polar surface area (TPSA) is 95.7 Å². The van der Waals surface area contributed by atoms with Crippen LogP contribution in [0.4, 0.5) is 0 Å². The molecule has 0 amide bonds. The molecule has 6 nitrogen and oxygen atoms in total. The highest BCUT2D eigenvalue weighted by molar-refractivity contribution is 5.82. The zero-order valence-corrected chi connectivity index (χ0v) is 8.06. The summed E-state index contributed by atoms with van der Waals surface area (Å²) in [7, 11) is 0. The van der Waals surface area contributed by atoms with Gasteiger partial charge in [-0.05, 0) is 6.92 Å². The smallest absolute Gasteiger partial charge is 0.303 e. The first kappa shape index (κ1) is 12.6. The van der Waals surface area contributed by atoms with Crippen LogP contribution in [0, 0.1) is 0 Å². The Kier molecular flexibility index (Phi) is 5.47. The molecule has 0 aromatic carbocycles. The van der Waals surface area contributed by atoms with Gasteiger partial charge < -0.3 is 15.2 Å². The molecule has 0 spiro atoms. The summed E-state index contributed by atoms with van der Waals surface area (Å²) in [4.78, 5) is 31.4. The number of esters is 1. The van der Waals surface area contributed by atoms with Crippen LogP contribution in [0.15, 0.2) is 0 Å². The molecule has 0 heterocycles. The third kappa shape index (κ3) is 4.56. The largest absolute Gasteiger partial charge is 0.464 e. The Balaban J connectivity index is 4.28. The van der Waals surface area contributed by atoms with E-state index in [-0.39, 0.29) is 18.9 Å². The second kappa shape index (κ2) is 6.09. The molecule has 0 aliphatic rings. The van der Waals surface area contributed by atoms with Gasteiger partial charge in [0.15, 0.2) is 6.10 Å². The number of Topliss-reactive ketones (excluding diaryl/α,β-unsaturated/α-hetero) is 1. The minimum atomic E-state index is -0.973. The molecule has 0 bridgehead atoms. The third-order valence-corrected chi connectivity index (χ3v) is 1.52. The number of hydrogen-bond donors (Lipinski definition) is 1. The Labute approximate surface area is 81.3 Å². The lowest BCUT2D eigenvalue weighted by atomic mass is 10.1. The van der Waals surface area contributed by atoms with Crippen LogP contribution < -0.4 is 5.73 Å². The fourth-order valence-electron chi connectivity index (χ4n) is 0.820. The fourth-order valence-corrected chi connectivity index (χ4v) is 0.820. The van der Waals surface area contributed by atoms with Gasteiger partial charge in [-0.2, -0.15) is 0 Å². The van der Waals surface area contributed by atoms with Crippen molar-refractivity contribution in [3.8, 4) is 0 Å². The van der Waals surface area contributed by atoms with Gasteiger partial charge in [0.05, 0.1) is 0 Å². The van der Waals surface area contributed by atoms with Crippen molar-refractivity contribution in [2.24, 2.45) is 5.73 Å². The van der Waals surface area contributed by atoms with Crippen molar-refractivity contribution in [2.75, 3.05) is 6.61 Å². The number of carbonyl (C=O) groups is 3. The van der Waals surface area contributed by atoms with E-state index in [4.69, 9.17) is 10.5 Å². The van der Waals surface area contributed by atoms with Crippen molar-refractivity contribution >= 4 is 18.2 Å². The van der Waals surface area contributed by atoms with Gasteiger partial charge >= 0.3 is 5.97 Å². The van der Waals surface area contributed by atoms with Crippen LogP contribution in [0.1, 0.15) is 13.8 Å². The summed E-state index contributed by atoms with van der Waals surface area (Å²) in [5, 5.41) is 0. The van der Waals surface area contributed by atoms with Crippen molar-refractivity contribution in [3.05, 3.63) is 0 Å². The van der Waals surface area contributed by atoms with Gasteiger partial charge in [0, 0.05) is 6.92 Å². The number of ether oxygens (including phenoxy) is 2. The standard InChI is InChI=1S/C8H13NO5/c1-5(11)8(9)7(3-13-4-10)14-6(2)12/h4,7-8H,3,9H2,1-2H3. The average molecular weight is 203 g/mol. The van der Waals surface area contributed by atoms with E-state index in [0.29, 0.717) is 0 Å². The van der Waals surface area contributed by atoms with E-state index >= 15 is 0 Å². The number of hydrogen-bond acceptors (Lipinski definition) is 6. The lowest BCUT2D eigenvalue weighted by molar-refractivity contribution is -0.154. The molecule has 0 rings (SSSR count). The van der Waals surface area contributed by atoms with Gasteiger partial charge in [-0.25, -0.2) is 0 Å². The van der Waals surface area contributed by atoms with E-state index in [0.717, 1.165) is 0 Å². The zero-order valence-electron chi connectivity index (χ0n) is 8.06. The van der Waals surface area contributed by atoms with Crippen LogP contribution in [0.2, 0.25) is 0 Å². The first-order chi connectivity index (χ1) is 6.49. The Morgan fingerprint density at radius 2 is 2.00 bits per heavy atom. The molecule has 0 saturated carbocycles. The first-order valence-corrected chi connectivity index (χ1v) is 3.97. The summed E-state index contributed by atoms with van der Waals surface area (Å²) in [6.45, 7) is 2.43. The number of ketones is 1. The molecule has 14 heavy (non-hydrogen) atoms. The molecule has 0 fully saturated rings. The third-order valence-electron chi connectivity index (χ3n) is 1.52. The molecule has 0 aliphatic carbocycles.